The zero-order valence-electron chi connectivity index (χ0n) is 13.3. The highest BCUT2D eigenvalue weighted by atomic mass is 16.2. The number of nitrogens with one attached hydrogen (secondary N) is 2. The van der Waals surface area contributed by atoms with Gasteiger partial charge in [0.1, 0.15) is 0 Å². The van der Waals surface area contributed by atoms with Gasteiger partial charge in [0, 0.05) is 32.6 Å². The molecule has 23 heavy (non-hydrogen) atoms. The fourth-order valence-corrected chi connectivity index (χ4v) is 3.08. The minimum atomic E-state index is -0.228. The molecule has 2 heterocycles. The summed E-state index contributed by atoms with van der Waals surface area (Å²) in [7, 11) is 0. The molecule has 5 nitrogen and oxygen atoms in total. The molecule has 0 saturated carbocycles. The van der Waals surface area contributed by atoms with E-state index in [2.05, 4.69) is 16.7 Å². The van der Waals surface area contributed by atoms with Crippen molar-refractivity contribution >= 4 is 11.8 Å². The largest absolute Gasteiger partial charge is 0.352 e. The minimum Gasteiger partial charge on any atom is -0.352 e. The Hall–Kier alpha value is -2.14. The molecule has 1 aromatic carbocycles. The quantitative estimate of drug-likeness (QED) is 0.800. The molecule has 1 unspecified atom stereocenters. The number of hydrogen-bond acceptors (Lipinski definition) is 3. The fraction of sp³-hybridized carbons (Fsp3) is 0.444. The van der Waals surface area contributed by atoms with Crippen molar-refractivity contribution in [2.24, 2.45) is 5.92 Å². The maximum Gasteiger partial charge on any atom is 0.225 e. The van der Waals surface area contributed by atoms with Crippen LogP contribution in [-0.4, -0.2) is 42.9 Å². The molecule has 0 aliphatic carbocycles. The van der Waals surface area contributed by atoms with Crippen LogP contribution in [0.25, 0.3) is 0 Å². The maximum atomic E-state index is 12.3. The van der Waals surface area contributed by atoms with Gasteiger partial charge in [0.25, 0.3) is 0 Å². The van der Waals surface area contributed by atoms with Gasteiger partial charge in [0.05, 0.1) is 5.92 Å². The van der Waals surface area contributed by atoms with Crippen molar-refractivity contribution in [3.8, 4) is 0 Å². The average Bonchev–Trinajstić information content (AvgIpc) is 2.95. The summed E-state index contributed by atoms with van der Waals surface area (Å²) >= 11 is 0. The van der Waals surface area contributed by atoms with E-state index < -0.39 is 0 Å². The zero-order valence-corrected chi connectivity index (χ0v) is 13.3. The lowest BCUT2D eigenvalue weighted by molar-refractivity contribution is -0.129. The van der Waals surface area contributed by atoms with Gasteiger partial charge in [0.2, 0.25) is 11.8 Å². The Labute approximate surface area is 136 Å². The average molecular weight is 313 g/mol. The molecule has 0 spiro atoms. The molecule has 2 amide bonds. The molecule has 1 fully saturated rings. The van der Waals surface area contributed by atoms with Crippen molar-refractivity contribution in [3.05, 3.63) is 47.5 Å². The number of hydrogen-bond donors (Lipinski definition) is 2. The van der Waals surface area contributed by atoms with E-state index in [1.807, 2.05) is 30.3 Å². The topological polar surface area (TPSA) is 61.4 Å². The highest BCUT2D eigenvalue weighted by molar-refractivity contribution is 5.89. The molecule has 2 aliphatic heterocycles. The first kappa shape index (κ1) is 15.7. The van der Waals surface area contributed by atoms with Gasteiger partial charge >= 0.3 is 0 Å². The lowest BCUT2D eigenvalue weighted by atomic mass is 10.1. The second-order valence-electron chi connectivity index (χ2n) is 6.20. The molecule has 3 rings (SSSR count). The van der Waals surface area contributed by atoms with E-state index in [1.54, 1.807) is 4.90 Å². The van der Waals surface area contributed by atoms with Gasteiger partial charge in [-0.3, -0.25) is 9.59 Å². The van der Waals surface area contributed by atoms with Crippen molar-refractivity contribution in [1.82, 2.24) is 15.5 Å². The molecule has 0 aromatic heterocycles. The Balaban J connectivity index is 1.50. The predicted molar refractivity (Wildman–Crippen MR) is 88.5 cm³/mol. The van der Waals surface area contributed by atoms with Gasteiger partial charge in [0.15, 0.2) is 0 Å². The number of nitrogens with zero attached hydrogens (tertiary/aromatic N) is 1. The zero-order chi connectivity index (χ0) is 16.1. The number of rotatable bonds is 5. The highest BCUT2D eigenvalue weighted by Gasteiger charge is 2.34. The SMILES string of the molecule is O=C(NCC1=CCNCC1)C1CC(=O)N(Cc2ccccc2)C1. The first-order valence-electron chi connectivity index (χ1n) is 8.20. The van der Waals surface area contributed by atoms with E-state index in [9.17, 15) is 9.59 Å². The molecule has 1 aromatic rings. The second kappa shape index (κ2) is 7.42. The van der Waals surface area contributed by atoms with E-state index in [0.29, 0.717) is 26.1 Å². The summed E-state index contributed by atoms with van der Waals surface area (Å²) in [6.45, 7) is 3.54. The summed E-state index contributed by atoms with van der Waals surface area (Å²) in [6, 6.07) is 9.90. The van der Waals surface area contributed by atoms with Crippen molar-refractivity contribution in [2.45, 2.75) is 19.4 Å². The molecule has 5 heteroatoms. The molecule has 2 N–H and O–H groups in total. The van der Waals surface area contributed by atoms with Gasteiger partial charge in [-0.05, 0) is 18.5 Å². The Bertz CT molecular complexity index is 598. The third-order valence-electron chi connectivity index (χ3n) is 4.45. The lowest BCUT2D eigenvalue weighted by Gasteiger charge is -2.18. The fourth-order valence-electron chi connectivity index (χ4n) is 3.08. The van der Waals surface area contributed by atoms with Crippen LogP contribution in [0.4, 0.5) is 0 Å². The Kier molecular flexibility index (Phi) is 5.08. The standard InChI is InChI=1S/C18H23N3O2/c22-17-10-16(13-21(17)12-15-4-2-1-3-5-15)18(23)20-11-14-6-8-19-9-7-14/h1-6,16,19H,7-13H2,(H,20,23). The minimum absolute atomic E-state index is 0.00616. The van der Waals surface area contributed by atoms with Crippen molar-refractivity contribution in [1.29, 1.82) is 0 Å². The van der Waals surface area contributed by atoms with Gasteiger partial charge in [-0.2, -0.15) is 0 Å². The number of benzene rings is 1. The third kappa shape index (κ3) is 4.20. The van der Waals surface area contributed by atoms with Crippen LogP contribution in [-0.2, 0) is 16.1 Å². The molecule has 2 aliphatic rings. The normalized spacial score (nSPS) is 21.2. The smallest absolute Gasteiger partial charge is 0.225 e. The van der Waals surface area contributed by atoms with Crippen LogP contribution < -0.4 is 10.6 Å². The molecule has 0 radical (unpaired) electrons. The Morgan fingerprint density at radius 3 is 2.87 bits per heavy atom. The third-order valence-corrected chi connectivity index (χ3v) is 4.45. The van der Waals surface area contributed by atoms with Crippen LogP contribution in [0.3, 0.4) is 0 Å². The number of amides is 2. The van der Waals surface area contributed by atoms with Crippen molar-refractivity contribution < 1.29 is 9.59 Å². The van der Waals surface area contributed by atoms with Gasteiger partial charge < -0.3 is 15.5 Å². The van der Waals surface area contributed by atoms with E-state index in [1.165, 1.54) is 5.57 Å². The van der Waals surface area contributed by atoms with Gasteiger partial charge in [-0.1, -0.05) is 42.0 Å². The van der Waals surface area contributed by atoms with Gasteiger partial charge in [-0.25, -0.2) is 0 Å². The monoisotopic (exact) mass is 313 g/mol. The molecule has 1 atom stereocenters. The summed E-state index contributed by atoms with van der Waals surface area (Å²) in [4.78, 5) is 26.2. The second-order valence-corrected chi connectivity index (χ2v) is 6.20. The van der Waals surface area contributed by atoms with Crippen molar-refractivity contribution in [2.75, 3.05) is 26.2 Å². The first-order chi connectivity index (χ1) is 11.2. The van der Waals surface area contributed by atoms with Crippen LogP contribution in [0.1, 0.15) is 18.4 Å². The lowest BCUT2D eigenvalue weighted by Crippen LogP contribution is -2.35. The Morgan fingerprint density at radius 2 is 2.13 bits per heavy atom. The van der Waals surface area contributed by atoms with Crippen molar-refractivity contribution in [3.63, 3.8) is 0 Å². The molecule has 1 saturated heterocycles. The van der Waals surface area contributed by atoms with E-state index in [0.717, 1.165) is 25.1 Å². The first-order valence-corrected chi connectivity index (χ1v) is 8.20. The summed E-state index contributed by atoms with van der Waals surface area (Å²) in [5.74, 6) is -0.169. The van der Waals surface area contributed by atoms with Crippen LogP contribution in [0.15, 0.2) is 42.0 Å². The van der Waals surface area contributed by atoms with Crippen LogP contribution in [0.2, 0.25) is 0 Å². The van der Waals surface area contributed by atoms with E-state index in [4.69, 9.17) is 0 Å². The number of likely N-dealkylation sites (tertiary alicyclic amines) is 1. The van der Waals surface area contributed by atoms with Crippen LogP contribution in [0, 0.1) is 5.92 Å². The van der Waals surface area contributed by atoms with Crippen LogP contribution >= 0.6 is 0 Å². The maximum absolute atomic E-state index is 12.3. The summed E-state index contributed by atoms with van der Waals surface area (Å²) in [5, 5.41) is 6.24. The van der Waals surface area contributed by atoms with Gasteiger partial charge in [-0.15, -0.1) is 0 Å². The van der Waals surface area contributed by atoms with E-state index >= 15 is 0 Å². The number of carbonyl (C=O) groups is 2. The Morgan fingerprint density at radius 1 is 1.30 bits per heavy atom. The van der Waals surface area contributed by atoms with E-state index in [-0.39, 0.29) is 17.7 Å². The predicted octanol–water partition coefficient (Wildman–Crippen LogP) is 1.07. The molecular formula is C18H23N3O2. The van der Waals surface area contributed by atoms with Crippen LogP contribution in [0.5, 0.6) is 0 Å². The summed E-state index contributed by atoms with van der Waals surface area (Å²) in [6.07, 6.45) is 3.43. The molecular weight excluding hydrogens is 290 g/mol. The summed E-state index contributed by atoms with van der Waals surface area (Å²) < 4.78 is 0. The molecule has 122 valence electrons. The highest BCUT2D eigenvalue weighted by Crippen LogP contribution is 2.20. The number of carbonyl (C=O) groups excluding carboxylic acids is 2. The summed E-state index contributed by atoms with van der Waals surface area (Å²) in [5.41, 5.74) is 2.37. The molecule has 0 bridgehead atoms.